The third-order valence-corrected chi connectivity index (χ3v) is 3.40. The van der Waals surface area contributed by atoms with Crippen LogP contribution >= 0.6 is 0 Å². The molecule has 3 nitrogen and oxygen atoms in total. The number of nitrogens with zero attached hydrogens (tertiary/aromatic N) is 1. The Morgan fingerprint density at radius 2 is 2.00 bits per heavy atom. The van der Waals surface area contributed by atoms with Crippen molar-refractivity contribution in [3.05, 3.63) is 11.6 Å². The van der Waals surface area contributed by atoms with Gasteiger partial charge < -0.3 is 10.5 Å². The normalized spacial score (nSPS) is 17.2. The molecule has 0 atom stereocenters. The minimum absolute atomic E-state index is 0.812. The topological polar surface area (TPSA) is 38.5 Å². The van der Waals surface area contributed by atoms with Crippen LogP contribution in [0.3, 0.4) is 0 Å². The average Bonchev–Trinajstić information content (AvgIpc) is 2.36. The maximum Gasteiger partial charge on any atom is 0.0673 e. The van der Waals surface area contributed by atoms with E-state index in [9.17, 15) is 0 Å². The van der Waals surface area contributed by atoms with Crippen molar-refractivity contribution in [3.8, 4) is 0 Å². The summed E-state index contributed by atoms with van der Waals surface area (Å²) in [7, 11) is 1.77. The molecule has 0 spiro atoms. The highest BCUT2D eigenvalue weighted by molar-refractivity contribution is 5.07. The molecule has 0 unspecified atom stereocenters. The van der Waals surface area contributed by atoms with Crippen LogP contribution in [0, 0.1) is 0 Å². The Bertz CT molecular complexity index is 216. The molecule has 0 aromatic heterocycles. The van der Waals surface area contributed by atoms with Gasteiger partial charge in [0.2, 0.25) is 0 Å². The lowest BCUT2D eigenvalue weighted by molar-refractivity contribution is 0.211. The summed E-state index contributed by atoms with van der Waals surface area (Å²) >= 11 is 0. The highest BCUT2D eigenvalue weighted by Gasteiger charge is 2.10. The van der Waals surface area contributed by atoms with E-state index in [4.69, 9.17) is 10.5 Å². The Hall–Kier alpha value is -0.380. The molecule has 0 saturated carbocycles. The van der Waals surface area contributed by atoms with E-state index in [1.807, 2.05) is 0 Å². The fraction of sp³-hybridized carbons (Fsp3) is 0.857. The third kappa shape index (κ3) is 6.81. The van der Waals surface area contributed by atoms with Crippen LogP contribution in [-0.4, -0.2) is 44.8 Å². The molecule has 0 fully saturated rings. The Balaban J connectivity index is 1.98. The van der Waals surface area contributed by atoms with Crippen molar-refractivity contribution in [3.63, 3.8) is 0 Å². The van der Waals surface area contributed by atoms with Crippen LogP contribution in [0.2, 0.25) is 0 Å². The van der Waals surface area contributed by atoms with Gasteiger partial charge in [-0.1, -0.05) is 25.3 Å². The molecule has 100 valence electrons. The van der Waals surface area contributed by atoms with Gasteiger partial charge in [0.05, 0.1) is 6.61 Å². The van der Waals surface area contributed by atoms with Crippen molar-refractivity contribution in [2.75, 3.05) is 39.9 Å². The van der Waals surface area contributed by atoms with E-state index in [-0.39, 0.29) is 0 Å². The number of rotatable bonds is 9. The van der Waals surface area contributed by atoms with E-state index in [2.05, 4.69) is 11.0 Å². The lowest BCUT2D eigenvalue weighted by Crippen LogP contribution is -2.30. The highest BCUT2D eigenvalue weighted by Crippen LogP contribution is 2.12. The lowest BCUT2D eigenvalue weighted by atomic mass is 10.1. The molecule has 1 heterocycles. The SMILES string of the molecule is COCC1=CCN(CCCCCCCN)CC1. The Morgan fingerprint density at radius 3 is 2.65 bits per heavy atom. The van der Waals surface area contributed by atoms with Gasteiger partial charge in [-0.05, 0) is 37.9 Å². The third-order valence-electron chi connectivity index (χ3n) is 3.40. The molecule has 0 aromatic rings. The number of hydrogen-bond donors (Lipinski definition) is 1. The standard InChI is InChI=1S/C14H28N2O/c1-17-13-14-7-11-16(12-8-14)10-6-4-2-3-5-9-15/h7H,2-6,8-13,15H2,1H3. The zero-order valence-corrected chi connectivity index (χ0v) is 11.3. The van der Waals surface area contributed by atoms with Crippen LogP contribution in [0.1, 0.15) is 38.5 Å². The predicted octanol–water partition coefficient (Wildman–Crippen LogP) is 2.17. The Labute approximate surface area is 106 Å². The van der Waals surface area contributed by atoms with Gasteiger partial charge in [0.25, 0.3) is 0 Å². The van der Waals surface area contributed by atoms with E-state index >= 15 is 0 Å². The summed E-state index contributed by atoms with van der Waals surface area (Å²) in [5, 5.41) is 0. The molecule has 3 heteroatoms. The summed E-state index contributed by atoms with van der Waals surface area (Å²) in [5.74, 6) is 0. The lowest BCUT2D eigenvalue weighted by Gasteiger charge is -2.26. The largest absolute Gasteiger partial charge is 0.380 e. The average molecular weight is 240 g/mol. The zero-order valence-electron chi connectivity index (χ0n) is 11.3. The van der Waals surface area contributed by atoms with Gasteiger partial charge in [-0.2, -0.15) is 0 Å². The minimum atomic E-state index is 0.812. The smallest absolute Gasteiger partial charge is 0.0673 e. The van der Waals surface area contributed by atoms with Crippen LogP contribution < -0.4 is 5.73 Å². The fourth-order valence-electron chi connectivity index (χ4n) is 2.28. The highest BCUT2D eigenvalue weighted by atomic mass is 16.5. The quantitative estimate of drug-likeness (QED) is 0.496. The van der Waals surface area contributed by atoms with Crippen molar-refractivity contribution >= 4 is 0 Å². The van der Waals surface area contributed by atoms with Crippen molar-refractivity contribution in [1.82, 2.24) is 4.90 Å². The van der Waals surface area contributed by atoms with Crippen LogP contribution in [0.15, 0.2) is 11.6 Å². The second kappa shape index (κ2) is 9.63. The molecule has 17 heavy (non-hydrogen) atoms. The molecule has 1 aliphatic rings. The molecular weight excluding hydrogens is 212 g/mol. The second-order valence-electron chi connectivity index (χ2n) is 4.90. The van der Waals surface area contributed by atoms with Crippen molar-refractivity contribution in [2.45, 2.75) is 38.5 Å². The van der Waals surface area contributed by atoms with Crippen molar-refractivity contribution < 1.29 is 4.74 Å². The van der Waals surface area contributed by atoms with Crippen LogP contribution in [0.5, 0.6) is 0 Å². The van der Waals surface area contributed by atoms with Crippen LogP contribution in [0.4, 0.5) is 0 Å². The summed E-state index contributed by atoms with van der Waals surface area (Å²) in [6.07, 6.45) is 10.0. The monoisotopic (exact) mass is 240 g/mol. The first-order valence-corrected chi connectivity index (χ1v) is 6.96. The molecule has 0 bridgehead atoms. The maximum absolute atomic E-state index is 5.47. The van der Waals surface area contributed by atoms with Gasteiger partial charge in [-0.15, -0.1) is 0 Å². The van der Waals surface area contributed by atoms with E-state index in [1.54, 1.807) is 7.11 Å². The minimum Gasteiger partial charge on any atom is -0.380 e. The first-order valence-electron chi connectivity index (χ1n) is 6.96. The number of nitrogens with two attached hydrogens (primary N) is 1. The van der Waals surface area contributed by atoms with Gasteiger partial charge in [-0.3, -0.25) is 4.90 Å². The van der Waals surface area contributed by atoms with Crippen LogP contribution in [0.25, 0.3) is 0 Å². The zero-order chi connectivity index (χ0) is 12.3. The van der Waals surface area contributed by atoms with Gasteiger partial charge in [0.15, 0.2) is 0 Å². The first-order chi connectivity index (χ1) is 8.36. The molecule has 0 amide bonds. The van der Waals surface area contributed by atoms with Crippen molar-refractivity contribution in [2.24, 2.45) is 5.73 Å². The summed E-state index contributed by atoms with van der Waals surface area (Å²) < 4.78 is 5.16. The van der Waals surface area contributed by atoms with Gasteiger partial charge >= 0.3 is 0 Å². The van der Waals surface area contributed by atoms with Crippen LogP contribution in [-0.2, 0) is 4.74 Å². The van der Waals surface area contributed by atoms with E-state index in [0.29, 0.717) is 0 Å². The molecule has 1 aliphatic heterocycles. The fourth-order valence-corrected chi connectivity index (χ4v) is 2.28. The second-order valence-corrected chi connectivity index (χ2v) is 4.90. The molecule has 0 aromatic carbocycles. The molecule has 0 saturated heterocycles. The number of methoxy groups -OCH3 is 1. The van der Waals surface area contributed by atoms with E-state index in [0.717, 1.165) is 19.7 Å². The van der Waals surface area contributed by atoms with Gasteiger partial charge in [0, 0.05) is 20.2 Å². The number of unbranched alkanes of at least 4 members (excludes halogenated alkanes) is 4. The van der Waals surface area contributed by atoms with Crippen molar-refractivity contribution in [1.29, 1.82) is 0 Å². The number of ether oxygens (including phenoxy) is 1. The molecule has 0 radical (unpaired) electrons. The summed E-state index contributed by atoms with van der Waals surface area (Å²) in [6.45, 7) is 5.23. The predicted molar refractivity (Wildman–Crippen MR) is 73.2 cm³/mol. The summed E-state index contributed by atoms with van der Waals surface area (Å²) in [4.78, 5) is 2.54. The molecule has 2 N–H and O–H groups in total. The van der Waals surface area contributed by atoms with Gasteiger partial charge in [-0.25, -0.2) is 0 Å². The summed E-state index contributed by atoms with van der Waals surface area (Å²) in [5.41, 5.74) is 6.94. The maximum atomic E-state index is 5.47. The van der Waals surface area contributed by atoms with Gasteiger partial charge in [0.1, 0.15) is 0 Å². The number of hydrogen-bond acceptors (Lipinski definition) is 3. The molecular formula is C14H28N2O. The Morgan fingerprint density at radius 1 is 1.24 bits per heavy atom. The molecule has 1 rings (SSSR count). The summed E-state index contributed by atoms with van der Waals surface area (Å²) in [6, 6.07) is 0. The molecule has 0 aliphatic carbocycles. The Kier molecular flexibility index (Phi) is 8.32. The van der Waals surface area contributed by atoms with E-state index < -0.39 is 0 Å². The first kappa shape index (κ1) is 14.7. The van der Waals surface area contributed by atoms with E-state index in [1.165, 1.54) is 57.2 Å².